The van der Waals surface area contributed by atoms with Gasteiger partial charge in [-0.15, -0.1) is 0 Å². The highest BCUT2D eigenvalue weighted by molar-refractivity contribution is 6.31. The van der Waals surface area contributed by atoms with Gasteiger partial charge in [0.15, 0.2) is 0 Å². The Kier molecular flexibility index (Phi) is 4.08. The molecule has 0 spiro atoms. The van der Waals surface area contributed by atoms with E-state index in [-0.39, 0.29) is 12.1 Å². The summed E-state index contributed by atoms with van der Waals surface area (Å²) in [7, 11) is 2.17. The monoisotopic (exact) mass is 252 g/mol. The molecular formula is C14H21ClN2. The molecule has 2 N–H and O–H groups in total. The summed E-state index contributed by atoms with van der Waals surface area (Å²) in [5.41, 5.74) is 7.31. The molecule has 0 saturated heterocycles. The first-order chi connectivity index (χ1) is 8.11. The third-order valence-corrected chi connectivity index (χ3v) is 4.16. The van der Waals surface area contributed by atoms with Crippen molar-refractivity contribution < 1.29 is 0 Å². The highest BCUT2D eigenvalue weighted by Crippen LogP contribution is 2.34. The van der Waals surface area contributed by atoms with E-state index < -0.39 is 0 Å². The van der Waals surface area contributed by atoms with Gasteiger partial charge < -0.3 is 5.73 Å². The average Bonchev–Trinajstić information content (AvgIpc) is 2.18. The third-order valence-electron chi connectivity index (χ3n) is 3.81. The Morgan fingerprint density at radius 3 is 2.47 bits per heavy atom. The fraction of sp³-hybridized carbons (Fsp3) is 0.571. The Morgan fingerprint density at radius 2 is 2.00 bits per heavy atom. The van der Waals surface area contributed by atoms with Crippen LogP contribution in [0.2, 0.25) is 5.02 Å². The lowest BCUT2D eigenvalue weighted by atomic mass is 9.88. The van der Waals surface area contributed by atoms with Crippen LogP contribution in [-0.2, 0) is 0 Å². The molecule has 0 aliphatic heterocycles. The molecule has 2 nitrogen and oxygen atoms in total. The van der Waals surface area contributed by atoms with Gasteiger partial charge in [0.05, 0.1) is 6.04 Å². The number of hydrogen-bond acceptors (Lipinski definition) is 2. The Morgan fingerprint density at radius 1 is 1.35 bits per heavy atom. The summed E-state index contributed by atoms with van der Waals surface area (Å²) in [4.78, 5) is 2.40. The van der Waals surface area contributed by atoms with E-state index in [0.29, 0.717) is 6.04 Å². The Bertz CT molecular complexity index is 374. The molecule has 0 aromatic heterocycles. The molecule has 1 saturated carbocycles. The standard InChI is InChI=1S/C14H21ClN2/c1-10(16)14(17(2)11-6-5-7-11)12-8-3-4-9-13(12)15/h3-4,8-11,14H,5-7,16H2,1-2H3. The summed E-state index contributed by atoms with van der Waals surface area (Å²) in [6.45, 7) is 2.06. The topological polar surface area (TPSA) is 29.3 Å². The second-order valence-corrected chi connectivity index (χ2v) is 5.48. The van der Waals surface area contributed by atoms with Crippen LogP contribution in [-0.4, -0.2) is 24.0 Å². The van der Waals surface area contributed by atoms with Gasteiger partial charge in [-0.3, -0.25) is 4.90 Å². The zero-order chi connectivity index (χ0) is 12.4. The molecule has 17 heavy (non-hydrogen) atoms. The molecule has 1 aromatic carbocycles. The number of hydrogen-bond donors (Lipinski definition) is 1. The molecule has 0 radical (unpaired) electrons. The van der Waals surface area contributed by atoms with Crippen LogP contribution in [0, 0.1) is 0 Å². The smallest absolute Gasteiger partial charge is 0.0511 e. The van der Waals surface area contributed by atoms with Crippen LogP contribution < -0.4 is 5.73 Å². The van der Waals surface area contributed by atoms with Crippen LogP contribution in [0.4, 0.5) is 0 Å². The van der Waals surface area contributed by atoms with Gasteiger partial charge in [0, 0.05) is 17.1 Å². The van der Waals surface area contributed by atoms with E-state index >= 15 is 0 Å². The number of nitrogens with two attached hydrogens (primary N) is 1. The molecule has 3 heteroatoms. The fourth-order valence-electron chi connectivity index (χ4n) is 2.61. The summed E-state index contributed by atoms with van der Waals surface area (Å²) in [5.74, 6) is 0. The van der Waals surface area contributed by atoms with Gasteiger partial charge in [-0.1, -0.05) is 36.2 Å². The van der Waals surface area contributed by atoms with E-state index in [4.69, 9.17) is 17.3 Å². The van der Waals surface area contributed by atoms with Crippen LogP contribution >= 0.6 is 11.6 Å². The number of benzene rings is 1. The van der Waals surface area contributed by atoms with Crippen molar-refractivity contribution in [1.29, 1.82) is 0 Å². The predicted molar refractivity (Wildman–Crippen MR) is 73.2 cm³/mol. The maximum absolute atomic E-state index is 6.29. The molecule has 0 amide bonds. The molecule has 1 aromatic rings. The molecule has 0 heterocycles. The Hall–Kier alpha value is -0.570. The summed E-state index contributed by atoms with van der Waals surface area (Å²) in [6.07, 6.45) is 3.90. The zero-order valence-electron chi connectivity index (χ0n) is 10.6. The zero-order valence-corrected chi connectivity index (χ0v) is 11.3. The Labute approximate surface area is 109 Å². The molecule has 94 valence electrons. The largest absolute Gasteiger partial charge is 0.326 e. The first-order valence-electron chi connectivity index (χ1n) is 6.33. The van der Waals surface area contributed by atoms with E-state index in [9.17, 15) is 0 Å². The van der Waals surface area contributed by atoms with Gasteiger partial charge in [0.25, 0.3) is 0 Å². The van der Waals surface area contributed by atoms with E-state index in [1.807, 2.05) is 18.2 Å². The van der Waals surface area contributed by atoms with Gasteiger partial charge in [0.1, 0.15) is 0 Å². The molecule has 2 rings (SSSR count). The van der Waals surface area contributed by atoms with E-state index in [2.05, 4.69) is 24.9 Å². The SMILES string of the molecule is CC(N)C(c1ccccc1Cl)N(C)C1CCC1. The first-order valence-corrected chi connectivity index (χ1v) is 6.71. The van der Waals surface area contributed by atoms with Gasteiger partial charge in [-0.25, -0.2) is 0 Å². The highest BCUT2D eigenvalue weighted by atomic mass is 35.5. The highest BCUT2D eigenvalue weighted by Gasteiger charge is 2.31. The second kappa shape index (κ2) is 5.38. The van der Waals surface area contributed by atoms with Gasteiger partial charge in [-0.2, -0.15) is 0 Å². The Balaban J connectivity index is 2.25. The lowest BCUT2D eigenvalue weighted by Crippen LogP contribution is -2.45. The van der Waals surface area contributed by atoms with Crippen molar-refractivity contribution in [2.75, 3.05) is 7.05 Å². The van der Waals surface area contributed by atoms with Crippen molar-refractivity contribution in [2.24, 2.45) is 5.73 Å². The van der Waals surface area contributed by atoms with Crippen molar-refractivity contribution in [3.05, 3.63) is 34.9 Å². The van der Waals surface area contributed by atoms with Gasteiger partial charge in [0.2, 0.25) is 0 Å². The van der Waals surface area contributed by atoms with Crippen molar-refractivity contribution in [2.45, 2.75) is 44.3 Å². The van der Waals surface area contributed by atoms with Gasteiger partial charge in [-0.05, 0) is 38.4 Å². The molecular weight excluding hydrogens is 232 g/mol. The van der Waals surface area contributed by atoms with Crippen LogP contribution in [0.15, 0.2) is 24.3 Å². The average molecular weight is 253 g/mol. The molecule has 1 aliphatic carbocycles. The molecule has 2 atom stereocenters. The van der Waals surface area contributed by atoms with Crippen molar-refractivity contribution in [3.8, 4) is 0 Å². The maximum Gasteiger partial charge on any atom is 0.0511 e. The molecule has 1 aliphatic rings. The van der Waals surface area contributed by atoms with E-state index in [1.165, 1.54) is 19.3 Å². The minimum absolute atomic E-state index is 0.0838. The lowest BCUT2D eigenvalue weighted by molar-refractivity contribution is 0.0980. The van der Waals surface area contributed by atoms with Crippen molar-refractivity contribution in [1.82, 2.24) is 4.90 Å². The lowest BCUT2D eigenvalue weighted by Gasteiger charge is -2.42. The third kappa shape index (κ3) is 2.65. The molecule has 0 bridgehead atoms. The number of nitrogens with zero attached hydrogens (tertiary/aromatic N) is 1. The van der Waals surface area contributed by atoms with Crippen LogP contribution in [0.3, 0.4) is 0 Å². The van der Waals surface area contributed by atoms with E-state index in [0.717, 1.165) is 10.6 Å². The first kappa shape index (κ1) is 12.9. The number of rotatable bonds is 4. The summed E-state index contributed by atoms with van der Waals surface area (Å²) in [6, 6.07) is 9.00. The van der Waals surface area contributed by atoms with Gasteiger partial charge >= 0.3 is 0 Å². The second-order valence-electron chi connectivity index (χ2n) is 5.08. The maximum atomic E-state index is 6.29. The van der Waals surface area contributed by atoms with Crippen molar-refractivity contribution >= 4 is 11.6 Å². The predicted octanol–water partition coefficient (Wildman–Crippen LogP) is 3.21. The van der Waals surface area contributed by atoms with Crippen LogP contribution in [0.1, 0.15) is 37.8 Å². The normalized spacial score (nSPS) is 20.1. The molecule has 1 fully saturated rings. The van der Waals surface area contributed by atoms with Crippen molar-refractivity contribution in [3.63, 3.8) is 0 Å². The van der Waals surface area contributed by atoms with Crippen LogP contribution in [0.5, 0.6) is 0 Å². The fourth-order valence-corrected chi connectivity index (χ4v) is 2.86. The quantitative estimate of drug-likeness (QED) is 0.892. The van der Waals surface area contributed by atoms with E-state index in [1.54, 1.807) is 0 Å². The number of halogens is 1. The summed E-state index contributed by atoms with van der Waals surface area (Å²) < 4.78 is 0. The summed E-state index contributed by atoms with van der Waals surface area (Å²) >= 11 is 6.29. The summed E-state index contributed by atoms with van der Waals surface area (Å²) in [5, 5.41) is 0.820. The minimum Gasteiger partial charge on any atom is -0.326 e. The molecule has 2 unspecified atom stereocenters. The number of likely N-dealkylation sites (N-methyl/N-ethyl adjacent to an activating group) is 1. The minimum atomic E-state index is 0.0838. The van der Waals surface area contributed by atoms with Crippen LogP contribution in [0.25, 0.3) is 0 Å².